The van der Waals surface area contributed by atoms with E-state index in [-0.39, 0.29) is 17.5 Å². The average molecular weight is 1020 g/mol. The summed E-state index contributed by atoms with van der Waals surface area (Å²) in [7, 11) is 0. The first-order valence-electron chi connectivity index (χ1n) is 27.9. The monoisotopic (exact) mass is 1010 g/mol. The minimum absolute atomic E-state index is 0.0955. The first-order chi connectivity index (χ1) is 38.5. The number of aromatic nitrogens is 2. The van der Waals surface area contributed by atoms with Gasteiger partial charge in [0.15, 0.2) is 0 Å². The van der Waals surface area contributed by atoms with Gasteiger partial charge in [0, 0.05) is 67.0 Å². The largest absolute Gasteiger partial charge is 0.311 e. The Hall–Kier alpha value is -9.32. The molecule has 4 heterocycles. The van der Waals surface area contributed by atoms with Crippen LogP contribution < -0.4 is 26.2 Å². The highest BCUT2D eigenvalue weighted by Gasteiger charge is 2.44. The molecule has 0 aliphatic carbocycles. The molecule has 11 aromatic carbocycles. The van der Waals surface area contributed by atoms with E-state index >= 15 is 0 Å². The predicted molar refractivity (Wildman–Crippen MR) is 337 cm³/mol. The van der Waals surface area contributed by atoms with Crippen molar-refractivity contribution in [2.75, 3.05) is 9.80 Å². The van der Waals surface area contributed by atoms with E-state index in [2.05, 4.69) is 309 Å². The molecule has 0 radical (unpaired) electrons. The van der Waals surface area contributed by atoms with Gasteiger partial charge in [0.05, 0.1) is 22.1 Å². The molecule has 79 heavy (non-hydrogen) atoms. The molecule has 2 aliphatic heterocycles. The van der Waals surface area contributed by atoms with Crippen LogP contribution in [0.15, 0.2) is 249 Å². The summed E-state index contributed by atoms with van der Waals surface area (Å²) in [5.74, 6) is 0. The number of hydrogen-bond donors (Lipinski definition) is 0. The zero-order valence-corrected chi connectivity index (χ0v) is 45.5. The zero-order valence-electron chi connectivity index (χ0n) is 45.5. The number of fused-ring (bicyclic) bond motifs is 10. The molecule has 0 saturated carbocycles. The standard InChI is InChI=1S/C74H59BN4/c1-73(2,3)52-40-50(48-22-9-7-10-23-48)42-56(44-52)78-68-34-21-35-69-72(68)75(62-38-36-54(46-70(62)78)76-64-30-17-13-26-58(64)59-27-14-18-31-65(59)76)63-39-37-55(77-66-32-19-15-28-60(66)61-29-16-20-33-67(61)77)47-71(63)79(69)57-43-51(49-24-11-8-12-25-49)41-53(45-57)74(4,5)6/h7-47H,1-6H3. The summed E-state index contributed by atoms with van der Waals surface area (Å²) in [6.07, 6.45) is 0. The third-order valence-corrected chi connectivity index (χ3v) is 16.9. The molecule has 2 aromatic heterocycles. The van der Waals surface area contributed by atoms with E-state index in [4.69, 9.17) is 0 Å². The van der Waals surface area contributed by atoms with Crippen LogP contribution >= 0.6 is 0 Å². The normalized spacial score (nSPS) is 13.1. The topological polar surface area (TPSA) is 16.3 Å². The Labute approximate surface area is 463 Å². The SMILES string of the molecule is CC(C)(C)c1cc(-c2ccccc2)cc(N2c3cc(-n4c5ccccc5c5ccccc54)ccc3B3c4ccc(-n5c6ccccc6c6ccccc65)cc4N(c4cc(-c5ccccc5)cc(C(C)(C)C)c4)c4cccc2c43)c1. The lowest BCUT2D eigenvalue weighted by Gasteiger charge is -2.44. The van der Waals surface area contributed by atoms with Crippen molar-refractivity contribution in [3.63, 3.8) is 0 Å². The van der Waals surface area contributed by atoms with Crippen molar-refractivity contribution in [1.82, 2.24) is 9.13 Å². The molecule has 0 amide bonds. The molecule has 0 N–H and O–H groups in total. The Kier molecular flexibility index (Phi) is 10.5. The van der Waals surface area contributed by atoms with Crippen LogP contribution in [0.3, 0.4) is 0 Å². The van der Waals surface area contributed by atoms with Crippen molar-refractivity contribution in [1.29, 1.82) is 0 Å². The fourth-order valence-corrected chi connectivity index (χ4v) is 13.1. The highest BCUT2D eigenvalue weighted by atomic mass is 15.2. The molecule has 15 rings (SSSR count). The molecular weight excluding hydrogens is 956 g/mol. The van der Waals surface area contributed by atoms with Crippen LogP contribution in [0.25, 0.3) is 77.2 Å². The van der Waals surface area contributed by atoms with E-state index < -0.39 is 0 Å². The lowest BCUT2D eigenvalue weighted by Crippen LogP contribution is -2.61. The molecule has 0 unspecified atom stereocenters. The van der Waals surface area contributed by atoms with E-state index in [1.807, 2.05) is 0 Å². The second kappa shape index (κ2) is 17.6. The van der Waals surface area contributed by atoms with E-state index in [0.29, 0.717) is 0 Å². The van der Waals surface area contributed by atoms with Gasteiger partial charge in [-0.2, -0.15) is 0 Å². The first kappa shape index (κ1) is 46.9. The Balaban J connectivity index is 1.05. The maximum atomic E-state index is 2.60. The highest BCUT2D eigenvalue weighted by Crippen LogP contribution is 2.48. The summed E-state index contributed by atoms with van der Waals surface area (Å²) >= 11 is 0. The Morgan fingerprint density at radius 1 is 0.278 bits per heavy atom. The molecule has 13 aromatic rings. The quantitative estimate of drug-likeness (QED) is 0.154. The molecule has 0 saturated heterocycles. The molecular formula is C74H59BN4. The number of anilines is 6. The number of benzene rings is 11. The molecule has 2 aliphatic rings. The Bertz CT molecular complexity index is 4190. The fraction of sp³-hybridized carbons (Fsp3) is 0.108. The summed E-state index contributed by atoms with van der Waals surface area (Å²) in [4.78, 5) is 5.20. The second-order valence-electron chi connectivity index (χ2n) is 23.8. The second-order valence-corrected chi connectivity index (χ2v) is 23.8. The summed E-state index contributed by atoms with van der Waals surface area (Å²) in [5.41, 5.74) is 25.0. The lowest BCUT2D eigenvalue weighted by atomic mass is 9.33. The van der Waals surface area contributed by atoms with Crippen LogP contribution in [0, 0.1) is 0 Å². The molecule has 0 fully saturated rings. The van der Waals surface area contributed by atoms with Gasteiger partial charge >= 0.3 is 0 Å². The lowest BCUT2D eigenvalue weighted by molar-refractivity contribution is 0.590. The van der Waals surface area contributed by atoms with Crippen molar-refractivity contribution in [2.24, 2.45) is 0 Å². The van der Waals surface area contributed by atoms with E-state index in [1.54, 1.807) is 0 Å². The van der Waals surface area contributed by atoms with Gasteiger partial charge in [0.2, 0.25) is 0 Å². The summed E-state index contributed by atoms with van der Waals surface area (Å²) < 4.78 is 4.94. The van der Waals surface area contributed by atoms with Gasteiger partial charge in [0.1, 0.15) is 0 Å². The van der Waals surface area contributed by atoms with Crippen LogP contribution in [-0.4, -0.2) is 15.8 Å². The number of para-hydroxylation sites is 4. The third-order valence-electron chi connectivity index (χ3n) is 16.9. The van der Waals surface area contributed by atoms with Gasteiger partial charge in [0.25, 0.3) is 6.71 Å². The van der Waals surface area contributed by atoms with Crippen molar-refractivity contribution in [3.8, 4) is 33.6 Å². The molecule has 378 valence electrons. The van der Waals surface area contributed by atoms with E-state index in [0.717, 1.165) is 22.7 Å². The van der Waals surface area contributed by atoms with Crippen molar-refractivity contribution in [3.05, 3.63) is 260 Å². The van der Waals surface area contributed by atoms with Crippen molar-refractivity contribution >= 4 is 101 Å². The number of nitrogens with zero attached hydrogens (tertiary/aromatic N) is 4. The van der Waals surface area contributed by atoms with E-state index in [1.165, 1.54) is 116 Å². The maximum Gasteiger partial charge on any atom is 0.252 e. The number of rotatable bonds is 6. The van der Waals surface area contributed by atoms with Gasteiger partial charge in [-0.25, -0.2) is 0 Å². The van der Waals surface area contributed by atoms with Crippen LogP contribution in [0.2, 0.25) is 0 Å². The summed E-state index contributed by atoms with van der Waals surface area (Å²) in [6.45, 7) is 13.9. The van der Waals surface area contributed by atoms with Gasteiger partial charge in [-0.15, -0.1) is 0 Å². The predicted octanol–water partition coefficient (Wildman–Crippen LogP) is 17.9. The maximum absolute atomic E-state index is 2.60. The van der Waals surface area contributed by atoms with Crippen LogP contribution in [0.4, 0.5) is 34.1 Å². The van der Waals surface area contributed by atoms with Gasteiger partial charge in [-0.3, -0.25) is 0 Å². The van der Waals surface area contributed by atoms with Crippen LogP contribution in [0.1, 0.15) is 52.7 Å². The minimum Gasteiger partial charge on any atom is -0.311 e. The van der Waals surface area contributed by atoms with Gasteiger partial charge in [-0.1, -0.05) is 205 Å². The molecule has 5 heteroatoms. The molecule has 4 nitrogen and oxygen atoms in total. The highest BCUT2D eigenvalue weighted by molar-refractivity contribution is 7.00. The first-order valence-corrected chi connectivity index (χ1v) is 27.9. The minimum atomic E-state index is -0.125. The van der Waals surface area contributed by atoms with Gasteiger partial charge in [-0.05, 0) is 146 Å². The van der Waals surface area contributed by atoms with Crippen LogP contribution in [-0.2, 0) is 10.8 Å². The summed E-state index contributed by atoms with van der Waals surface area (Å²) in [6, 6.07) is 93.5. The molecule has 0 bridgehead atoms. The van der Waals surface area contributed by atoms with Crippen molar-refractivity contribution < 1.29 is 0 Å². The average Bonchev–Trinajstić information content (AvgIpc) is 3.28. The third kappa shape index (κ3) is 7.43. The Morgan fingerprint density at radius 3 is 1.00 bits per heavy atom. The van der Waals surface area contributed by atoms with Crippen molar-refractivity contribution in [2.45, 2.75) is 52.4 Å². The number of hydrogen-bond acceptors (Lipinski definition) is 2. The molecule has 0 spiro atoms. The fourth-order valence-electron chi connectivity index (χ4n) is 13.1. The summed E-state index contributed by atoms with van der Waals surface area (Å²) in [5, 5.41) is 5.00. The van der Waals surface area contributed by atoms with E-state index in [9.17, 15) is 0 Å². The molecule has 0 atom stereocenters. The zero-order chi connectivity index (χ0) is 53.3. The van der Waals surface area contributed by atoms with Gasteiger partial charge < -0.3 is 18.9 Å². The van der Waals surface area contributed by atoms with Crippen LogP contribution in [0.5, 0.6) is 0 Å². The smallest absolute Gasteiger partial charge is 0.252 e. The Morgan fingerprint density at radius 2 is 0.633 bits per heavy atom.